The Morgan fingerprint density at radius 1 is 1.20 bits per heavy atom. The van der Waals surface area contributed by atoms with Crippen LogP contribution in [0.4, 0.5) is 18.9 Å². The van der Waals surface area contributed by atoms with Crippen molar-refractivity contribution in [3.05, 3.63) is 44.7 Å². The number of hydrogen-bond acceptors (Lipinski definition) is 5. The molecule has 2 fully saturated rings. The van der Waals surface area contributed by atoms with E-state index in [9.17, 15) is 18.4 Å². The van der Waals surface area contributed by atoms with Gasteiger partial charge in [0.05, 0.1) is 17.8 Å². The largest absolute Gasteiger partial charge is 0.362 e. The van der Waals surface area contributed by atoms with Gasteiger partial charge in [0, 0.05) is 24.1 Å². The second kappa shape index (κ2) is 5.96. The van der Waals surface area contributed by atoms with Gasteiger partial charge in [0.25, 0.3) is 11.5 Å². The van der Waals surface area contributed by atoms with Gasteiger partial charge >= 0.3 is 5.69 Å². The molecule has 0 amide bonds. The van der Waals surface area contributed by atoms with Gasteiger partial charge in [0.15, 0.2) is 5.65 Å². The first-order valence-corrected chi connectivity index (χ1v) is 9.62. The van der Waals surface area contributed by atoms with Gasteiger partial charge in [0.2, 0.25) is 5.95 Å². The minimum absolute atomic E-state index is 0.0101. The molecule has 4 heterocycles. The fourth-order valence-electron chi connectivity index (χ4n) is 3.85. The number of H-pyrrole nitrogens is 2. The highest BCUT2D eigenvalue weighted by molar-refractivity contribution is 5.75. The molecule has 3 aromatic heterocycles. The molecule has 3 aromatic rings. The van der Waals surface area contributed by atoms with E-state index in [-0.39, 0.29) is 40.7 Å². The second-order valence-corrected chi connectivity index (χ2v) is 8.64. The molecule has 158 valence electrons. The molecule has 1 aliphatic carbocycles. The number of halogens is 3. The van der Waals surface area contributed by atoms with E-state index in [1.807, 2.05) is 0 Å². The lowest BCUT2D eigenvalue weighted by Crippen LogP contribution is -2.34. The summed E-state index contributed by atoms with van der Waals surface area (Å²) in [6, 6.07) is 1.44. The van der Waals surface area contributed by atoms with Gasteiger partial charge in [-0.15, -0.1) is 0 Å². The van der Waals surface area contributed by atoms with Gasteiger partial charge in [-0.25, -0.2) is 18.6 Å². The molecule has 1 saturated heterocycles. The Morgan fingerprint density at radius 2 is 1.93 bits per heavy atom. The number of aromatic amines is 2. The van der Waals surface area contributed by atoms with Crippen LogP contribution in [0.2, 0.25) is 0 Å². The van der Waals surface area contributed by atoms with E-state index >= 15 is 4.39 Å². The summed E-state index contributed by atoms with van der Waals surface area (Å²) in [6.45, 7) is 2.41. The molecule has 1 aliphatic heterocycles. The molecule has 30 heavy (non-hydrogen) atoms. The van der Waals surface area contributed by atoms with E-state index in [4.69, 9.17) is 0 Å². The quantitative estimate of drug-likeness (QED) is 0.677. The van der Waals surface area contributed by atoms with E-state index < -0.39 is 35.1 Å². The number of fused-ring (bicyclic) bond motifs is 1. The van der Waals surface area contributed by atoms with Crippen molar-refractivity contribution in [3.8, 4) is 11.3 Å². The number of nitrogens with zero attached hydrogens (tertiary/aromatic N) is 4. The van der Waals surface area contributed by atoms with Crippen LogP contribution in [0.25, 0.3) is 16.9 Å². The Balaban J connectivity index is 1.75. The molecule has 5 rings (SSSR count). The lowest BCUT2D eigenvalue weighted by Gasteiger charge is -2.24. The fourth-order valence-corrected chi connectivity index (χ4v) is 3.85. The summed E-state index contributed by atoms with van der Waals surface area (Å²) in [5, 5.41) is 4.19. The van der Waals surface area contributed by atoms with E-state index in [0.29, 0.717) is 0 Å². The maximum Gasteiger partial charge on any atom is 0.325 e. The average Bonchev–Trinajstić information content (AvgIpc) is 3.40. The van der Waals surface area contributed by atoms with E-state index in [0.717, 1.165) is 23.6 Å². The van der Waals surface area contributed by atoms with E-state index in [1.165, 1.54) is 24.8 Å². The average molecular weight is 420 g/mol. The lowest BCUT2D eigenvalue weighted by molar-refractivity contribution is -0.0642. The molecule has 0 atom stereocenters. The van der Waals surface area contributed by atoms with Gasteiger partial charge < -0.3 is 9.88 Å². The number of alkyl halides is 2. The van der Waals surface area contributed by atoms with Crippen LogP contribution in [0.5, 0.6) is 0 Å². The highest BCUT2D eigenvalue weighted by Gasteiger charge is 2.54. The van der Waals surface area contributed by atoms with Crippen LogP contribution < -0.4 is 16.1 Å². The number of aromatic nitrogens is 5. The highest BCUT2D eigenvalue weighted by atomic mass is 19.3. The van der Waals surface area contributed by atoms with E-state index in [2.05, 4.69) is 20.1 Å². The number of nitrogens with one attached hydrogen (secondary N) is 2. The minimum atomic E-state index is -2.96. The molecule has 1 saturated carbocycles. The summed E-state index contributed by atoms with van der Waals surface area (Å²) in [6.07, 6.45) is 2.77. The number of imidazole rings is 1. The van der Waals surface area contributed by atoms with Crippen molar-refractivity contribution in [2.24, 2.45) is 5.41 Å². The molecule has 2 N–H and O–H groups in total. The molecule has 2 aliphatic rings. The van der Waals surface area contributed by atoms with Crippen molar-refractivity contribution in [3.63, 3.8) is 0 Å². The molecular formula is C19H19F3N6O2. The molecule has 0 bridgehead atoms. The SMILES string of the molecule is CC1(C)CN(c2cc(-c3c[nH]c(=O)[nH]c3=O)nn3c(F)c(C4CC4)nc23)CC1(F)F. The predicted octanol–water partition coefficient (Wildman–Crippen LogP) is 2.27. The van der Waals surface area contributed by atoms with Gasteiger partial charge in [0.1, 0.15) is 11.4 Å². The molecule has 0 unspecified atom stereocenters. The maximum atomic E-state index is 15.1. The Kier molecular flexibility index (Phi) is 3.75. The first kappa shape index (κ1) is 18.9. The Hall–Kier alpha value is -3.11. The van der Waals surface area contributed by atoms with Gasteiger partial charge in [-0.3, -0.25) is 9.78 Å². The molecule has 8 nitrogen and oxygen atoms in total. The van der Waals surface area contributed by atoms with Crippen molar-refractivity contribution < 1.29 is 13.2 Å². The van der Waals surface area contributed by atoms with Crippen LogP contribution in [0, 0.1) is 11.4 Å². The molecule has 11 heteroatoms. The molecule has 0 radical (unpaired) electrons. The summed E-state index contributed by atoms with van der Waals surface area (Å²) < 4.78 is 45.2. The summed E-state index contributed by atoms with van der Waals surface area (Å²) in [5.74, 6) is -3.65. The standard InChI is InChI=1S/C19H19F3N6O2/c1-18(2)7-27(8-19(18,21)22)12-5-11(10-6-23-17(30)25-16(10)29)26-28-14(20)13(9-3-4-9)24-15(12)28/h5-6,9H,3-4,7-8H2,1-2H3,(H2,23,25,29,30). The number of anilines is 1. The third-order valence-corrected chi connectivity index (χ3v) is 5.90. The van der Waals surface area contributed by atoms with Crippen LogP contribution in [0.3, 0.4) is 0 Å². The Morgan fingerprint density at radius 3 is 2.53 bits per heavy atom. The van der Waals surface area contributed by atoms with Crippen LogP contribution in [0.1, 0.15) is 38.3 Å². The Labute approximate surface area is 167 Å². The third-order valence-electron chi connectivity index (χ3n) is 5.90. The first-order valence-electron chi connectivity index (χ1n) is 9.62. The second-order valence-electron chi connectivity index (χ2n) is 8.64. The number of hydrogen-bond donors (Lipinski definition) is 2. The van der Waals surface area contributed by atoms with Gasteiger partial charge in [-0.1, -0.05) is 13.8 Å². The van der Waals surface area contributed by atoms with Crippen LogP contribution >= 0.6 is 0 Å². The van der Waals surface area contributed by atoms with Crippen LogP contribution in [0.15, 0.2) is 21.9 Å². The summed E-state index contributed by atoms with van der Waals surface area (Å²) in [7, 11) is 0. The summed E-state index contributed by atoms with van der Waals surface area (Å²) in [4.78, 5) is 33.9. The maximum absolute atomic E-state index is 15.1. The van der Waals surface area contributed by atoms with Crippen molar-refractivity contribution in [1.82, 2.24) is 24.6 Å². The molecular weight excluding hydrogens is 401 g/mol. The summed E-state index contributed by atoms with van der Waals surface area (Å²) in [5.41, 5.74) is -2.03. The number of rotatable bonds is 3. The molecule has 0 spiro atoms. The zero-order valence-electron chi connectivity index (χ0n) is 16.3. The van der Waals surface area contributed by atoms with Gasteiger partial charge in [-0.2, -0.15) is 14.0 Å². The first-order chi connectivity index (χ1) is 14.1. The van der Waals surface area contributed by atoms with Crippen molar-refractivity contribution in [1.29, 1.82) is 0 Å². The Bertz CT molecular complexity index is 1270. The van der Waals surface area contributed by atoms with Crippen molar-refractivity contribution in [2.45, 2.75) is 38.5 Å². The topological polar surface area (TPSA) is 99.2 Å². The molecule has 0 aromatic carbocycles. The monoisotopic (exact) mass is 420 g/mol. The lowest BCUT2D eigenvalue weighted by atomic mass is 9.89. The highest BCUT2D eigenvalue weighted by Crippen LogP contribution is 2.46. The van der Waals surface area contributed by atoms with Crippen molar-refractivity contribution in [2.75, 3.05) is 18.0 Å². The van der Waals surface area contributed by atoms with Crippen molar-refractivity contribution >= 4 is 11.3 Å². The minimum Gasteiger partial charge on any atom is -0.362 e. The van der Waals surface area contributed by atoms with Gasteiger partial charge in [-0.05, 0) is 18.9 Å². The van der Waals surface area contributed by atoms with Crippen LogP contribution in [-0.2, 0) is 0 Å². The normalized spacial score (nSPS) is 20.2. The predicted molar refractivity (Wildman–Crippen MR) is 103 cm³/mol. The zero-order valence-corrected chi connectivity index (χ0v) is 16.3. The van der Waals surface area contributed by atoms with Crippen LogP contribution in [-0.4, -0.2) is 43.6 Å². The zero-order chi connectivity index (χ0) is 21.4. The van der Waals surface area contributed by atoms with E-state index in [1.54, 1.807) is 0 Å². The summed E-state index contributed by atoms with van der Waals surface area (Å²) >= 11 is 0. The fraction of sp³-hybridized carbons (Fsp3) is 0.474. The third kappa shape index (κ3) is 2.75. The smallest absolute Gasteiger partial charge is 0.325 e.